The number of aliphatic hydroxyl groups is 1. The minimum Gasteiger partial charge on any atom is -0.478 e. The molecule has 0 aliphatic carbocycles. The zero-order chi connectivity index (χ0) is 21.1. The number of carboxylic acids is 1. The molecule has 0 atom stereocenters. The van der Waals surface area contributed by atoms with Crippen LogP contribution >= 0.6 is 0 Å². The molecular weight excluding hydrogens is 378 g/mol. The fourth-order valence-corrected chi connectivity index (χ4v) is 3.08. The Morgan fingerprint density at radius 3 is 1.97 bits per heavy atom. The third kappa shape index (κ3) is 4.20. The Morgan fingerprint density at radius 1 is 0.897 bits per heavy atom. The van der Waals surface area contributed by atoms with Crippen molar-refractivity contribution in [3.63, 3.8) is 0 Å². The lowest BCUT2D eigenvalue weighted by atomic mass is 10.1. The summed E-state index contributed by atoms with van der Waals surface area (Å²) in [4.78, 5) is 19.0. The van der Waals surface area contributed by atoms with Crippen molar-refractivity contribution in [3.05, 3.63) is 82.7 Å². The standard InChI is InChI=1S/C11H8FNO2.C11H10FNO/c1-6-5-8(11(14)15)7-3-2-4-9(12)10(7)13-6;1-7-5-8(6-14)9-3-2-4-10(12)11(9)13-7/h2-5H,1H3,(H,14,15);2-5,14H,6H2,1H3. The predicted octanol–water partition coefficient (Wildman–Crippen LogP) is 4.56. The van der Waals surface area contributed by atoms with Crippen molar-refractivity contribution in [1.29, 1.82) is 0 Å². The largest absolute Gasteiger partial charge is 0.478 e. The molecule has 0 aliphatic rings. The highest BCUT2D eigenvalue weighted by molar-refractivity contribution is 6.02. The van der Waals surface area contributed by atoms with Crippen LogP contribution in [0.2, 0.25) is 0 Å². The maximum atomic E-state index is 13.4. The summed E-state index contributed by atoms with van der Waals surface area (Å²) < 4.78 is 26.7. The van der Waals surface area contributed by atoms with E-state index in [2.05, 4.69) is 9.97 Å². The van der Waals surface area contributed by atoms with Gasteiger partial charge in [0.15, 0.2) is 0 Å². The first-order chi connectivity index (χ1) is 13.8. The first-order valence-electron chi connectivity index (χ1n) is 8.76. The zero-order valence-electron chi connectivity index (χ0n) is 15.8. The van der Waals surface area contributed by atoms with Crippen LogP contribution in [-0.2, 0) is 6.61 Å². The monoisotopic (exact) mass is 396 g/mol. The summed E-state index contributed by atoms with van der Waals surface area (Å²) in [6.07, 6.45) is 0. The summed E-state index contributed by atoms with van der Waals surface area (Å²) in [7, 11) is 0. The van der Waals surface area contributed by atoms with Gasteiger partial charge in [0, 0.05) is 22.2 Å². The molecule has 0 bridgehead atoms. The average molecular weight is 396 g/mol. The highest BCUT2D eigenvalue weighted by Gasteiger charge is 2.12. The van der Waals surface area contributed by atoms with Crippen molar-refractivity contribution in [3.8, 4) is 0 Å². The van der Waals surface area contributed by atoms with E-state index >= 15 is 0 Å². The molecule has 2 aromatic carbocycles. The van der Waals surface area contributed by atoms with Crippen LogP contribution in [0, 0.1) is 25.5 Å². The van der Waals surface area contributed by atoms with E-state index in [9.17, 15) is 13.6 Å². The highest BCUT2D eigenvalue weighted by atomic mass is 19.1. The number of para-hydroxylation sites is 2. The second-order valence-electron chi connectivity index (χ2n) is 6.47. The maximum Gasteiger partial charge on any atom is 0.336 e. The van der Waals surface area contributed by atoms with Crippen LogP contribution in [0.3, 0.4) is 0 Å². The number of nitrogens with zero attached hydrogens (tertiary/aromatic N) is 2. The predicted molar refractivity (Wildman–Crippen MR) is 106 cm³/mol. The third-order valence-corrected chi connectivity index (χ3v) is 4.32. The number of pyridine rings is 2. The lowest BCUT2D eigenvalue weighted by Crippen LogP contribution is -2.01. The number of benzene rings is 2. The van der Waals surface area contributed by atoms with Crippen molar-refractivity contribution in [1.82, 2.24) is 9.97 Å². The van der Waals surface area contributed by atoms with Gasteiger partial charge >= 0.3 is 5.97 Å². The molecule has 4 rings (SSSR count). The number of aryl methyl sites for hydroxylation is 2. The van der Waals surface area contributed by atoms with Crippen molar-refractivity contribution in [2.75, 3.05) is 0 Å². The van der Waals surface area contributed by atoms with Crippen molar-refractivity contribution in [2.45, 2.75) is 20.5 Å². The first-order valence-corrected chi connectivity index (χ1v) is 8.76. The van der Waals surface area contributed by atoms with Gasteiger partial charge in [-0.25, -0.2) is 18.6 Å². The first kappa shape index (κ1) is 20.3. The summed E-state index contributed by atoms with van der Waals surface area (Å²) in [5, 5.41) is 19.1. The quantitative estimate of drug-likeness (QED) is 0.519. The van der Waals surface area contributed by atoms with E-state index in [1.807, 2.05) is 0 Å². The van der Waals surface area contributed by atoms with Crippen LogP contribution in [0.1, 0.15) is 27.3 Å². The number of carboxylic acid groups (broad SMARTS) is 1. The normalized spacial score (nSPS) is 10.7. The number of aromatic carboxylic acids is 1. The summed E-state index contributed by atoms with van der Waals surface area (Å²) in [5.74, 6) is -1.92. The van der Waals surface area contributed by atoms with Gasteiger partial charge in [-0.3, -0.25) is 4.98 Å². The van der Waals surface area contributed by atoms with Gasteiger partial charge < -0.3 is 10.2 Å². The molecule has 7 heteroatoms. The van der Waals surface area contributed by atoms with Gasteiger partial charge in [-0.15, -0.1) is 0 Å². The maximum absolute atomic E-state index is 13.4. The van der Waals surface area contributed by atoms with Gasteiger partial charge in [0.05, 0.1) is 12.2 Å². The second kappa shape index (κ2) is 8.28. The number of hydrogen-bond donors (Lipinski definition) is 2. The van der Waals surface area contributed by atoms with E-state index in [1.54, 1.807) is 38.1 Å². The van der Waals surface area contributed by atoms with Crippen LogP contribution in [0.15, 0.2) is 48.5 Å². The number of rotatable bonds is 2. The van der Waals surface area contributed by atoms with Crippen molar-refractivity contribution in [2.24, 2.45) is 0 Å². The molecule has 0 spiro atoms. The SMILES string of the molecule is Cc1cc(C(=O)O)c2cccc(F)c2n1.Cc1cc(CO)c2cccc(F)c2n1. The fraction of sp³-hybridized carbons (Fsp3) is 0.136. The van der Waals surface area contributed by atoms with Gasteiger partial charge in [-0.1, -0.05) is 24.3 Å². The Labute approximate surface area is 165 Å². The molecule has 5 nitrogen and oxygen atoms in total. The van der Waals surface area contributed by atoms with E-state index in [1.165, 1.54) is 24.3 Å². The molecule has 0 unspecified atom stereocenters. The van der Waals surface area contributed by atoms with E-state index < -0.39 is 11.8 Å². The Balaban J connectivity index is 0.000000166. The van der Waals surface area contributed by atoms with Crippen LogP contribution in [0.25, 0.3) is 21.8 Å². The summed E-state index contributed by atoms with van der Waals surface area (Å²) >= 11 is 0. The van der Waals surface area contributed by atoms with E-state index in [0.717, 1.165) is 0 Å². The topological polar surface area (TPSA) is 83.3 Å². The minimum absolute atomic E-state index is 0.0806. The fourth-order valence-electron chi connectivity index (χ4n) is 3.08. The molecule has 0 saturated heterocycles. The van der Waals surface area contributed by atoms with Gasteiger partial charge in [0.2, 0.25) is 0 Å². The highest BCUT2D eigenvalue weighted by Crippen LogP contribution is 2.21. The molecule has 4 aromatic rings. The third-order valence-electron chi connectivity index (χ3n) is 4.32. The summed E-state index contributed by atoms with van der Waals surface area (Å²) in [6, 6.07) is 12.2. The molecule has 0 fully saturated rings. The van der Waals surface area contributed by atoms with E-state index in [-0.39, 0.29) is 23.5 Å². The molecule has 0 amide bonds. The number of halogens is 2. The van der Waals surface area contributed by atoms with Crippen LogP contribution in [0.5, 0.6) is 0 Å². The Hall–Kier alpha value is -3.45. The molecule has 29 heavy (non-hydrogen) atoms. The second-order valence-corrected chi connectivity index (χ2v) is 6.47. The number of hydrogen-bond acceptors (Lipinski definition) is 4. The molecule has 0 radical (unpaired) electrons. The summed E-state index contributed by atoms with van der Waals surface area (Å²) in [5.41, 5.74) is 2.44. The van der Waals surface area contributed by atoms with E-state index in [0.29, 0.717) is 33.2 Å². The Morgan fingerprint density at radius 2 is 1.41 bits per heavy atom. The zero-order valence-corrected chi connectivity index (χ0v) is 15.8. The lowest BCUT2D eigenvalue weighted by Gasteiger charge is -2.05. The molecule has 2 heterocycles. The number of carbonyl (C=O) groups is 1. The van der Waals surface area contributed by atoms with Crippen molar-refractivity contribution < 1.29 is 23.8 Å². The lowest BCUT2D eigenvalue weighted by molar-refractivity contribution is 0.0699. The molecule has 2 N–H and O–H groups in total. The number of aliphatic hydroxyl groups excluding tert-OH is 1. The number of fused-ring (bicyclic) bond motifs is 2. The van der Waals surface area contributed by atoms with E-state index in [4.69, 9.17) is 10.2 Å². The molecule has 0 aliphatic heterocycles. The number of aromatic nitrogens is 2. The van der Waals surface area contributed by atoms with Gasteiger partial charge in [0.25, 0.3) is 0 Å². The van der Waals surface area contributed by atoms with Gasteiger partial charge in [-0.2, -0.15) is 0 Å². The Bertz CT molecular complexity index is 1230. The smallest absolute Gasteiger partial charge is 0.336 e. The van der Waals surface area contributed by atoms with Gasteiger partial charge in [0.1, 0.15) is 22.7 Å². The van der Waals surface area contributed by atoms with Gasteiger partial charge in [-0.05, 0) is 43.7 Å². The molecular formula is C22H18F2N2O3. The molecule has 0 saturated carbocycles. The van der Waals surface area contributed by atoms with Crippen LogP contribution < -0.4 is 0 Å². The van der Waals surface area contributed by atoms with Crippen molar-refractivity contribution >= 4 is 27.8 Å². The molecule has 148 valence electrons. The summed E-state index contributed by atoms with van der Waals surface area (Å²) in [6.45, 7) is 3.33. The molecule has 2 aromatic heterocycles. The van der Waals surface area contributed by atoms with Crippen LogP contribution in [0.4, 0.5) is 8.78 Å². The van der Waals surface area contributed by atoms with Crippen LogP contribution in [-0.4, -0.2) is 26.2 Å². The minimum atomic E-state index is -1.07. The Kier molecular flexibility index (Phi) is 5.79. The average Bonchev–Trinajstić information content (AvgIpc) is 2.68.